The Labute approximate surface area is 263 Å². The molecule has 1 amide bonds. The number of hydrogen-bond donors (Lipinski definition) is 1. The third kappa shape index (κ3) is 6.34. The second kappa shape index (κ2) is 11.7. The molecule has 2 aliphatic carbocycles. The maximum absolute atomic E-state index is 13.8. The first-order chi connectivity index (χ1) is 20.2. The van der Waals surface area contributed by atoms with E-state index in [0.717, 1.165) is 29.8 Å². The van der Waals surface area contributed by atoms with Crippen molar-refractivity contribution in [2.45, 2.75) is 66.2 Å². The smallest absolute Gasteiger partial charge is 0.262 e. The van der Waals surface area contributed by atoms with Crippen LogP contribution in [0.5, 0.6) is 11.5 Å². The van der Waals surface area contributed by atoms with E-state index in [1.54, 1.807) is 24.3 Å². The summed E-state index contributed by atoms with van der Waals surface area (Å²) in [7, 11) is 2.00. The van der Waals surface area contributed by atoms with Crippen molar-refractivity contribution in [2.75, 3.05) is 25.6 Å². The molecule has 3 aliphatic rings. The summed E-state index contributed by atoms with van der Waals surface area (Å²) in [6, 6.07) is 10.3. The molecular weight excluding hydrogens is 587 g/mol. The fourth-order valence-electron chi connectivity index (χ4n) is 6.50. The van der Waals surface area contributed by atoms with E-state index in [1.807, 2.05) is 26.1 Å². The maximum Gasteiger partial charge on any atom is 0.262 e. The lowest BCUT2D eigenvalue weighted by molar-refractivity contribution is -0.120. The van der Waals surface area contributed by atoms with Gasteiger partial charge in [0.2, 0.25) is 0 Å². The molecule has 0 saturated carbocycles. The number of ketones is 2. The van der Waals surface area contributed by atoms with E-state index < -0.39 is 5.92 Å². The second-order valence-corrected chi connectivity index (χ2v) is 14.0. The van der Waals surface area contributed by atoms with Crippen LogP contribution in [0, 0.1) is 10.8 Å². The predicted molar refractivity (Wildman–Crippen MR) is 169 cm³/mol. The number of hydrogen-bond acceptors (Lipinski definition) is 6. The number of ether oxygens (including phenoxy) is 2. The lowest BCUT2D eigenvalue weighted by Crippen LogP contribution is -2.43. The molecule has 1 N–H and O–H groups in total. The first kappa shape index (κ1) is 31.1. The summed E-state index contributed by atoms with van der Waals surface area (Å²) >= 11 is 12.0. The van der Waals surface area contributed by atoms with Crippen molar-refractivity contribution in [1.29, 1.82) is 0 Å². The predicted octanol–water partition coefficient (Wildman–Crippen LogP) is 7.73. The summed E-state index contributed by atoms with van der Waals surface area (Å²) in [6.45, 7) is 10.4. The van der Waals surface area contributed by atoms with Crippen LogP contribution in [0.15, 0.2) is 58.9 Å². The van der Waals surface area contributed by atoms with Crippen LogP contribution in [0.1, 0.15) is 71.8 Å². The number of nitrogens with zero attached hydrogens (tertiary/aromatic N) is 1. The zero-order chi connectivity index (χ0) is 31.3. The molecular formula is C34H38Cl2N2O5. The van der Waals surface area contributed by atoms with E-state index in [9.17, 15) is 14.4 Å². The molecule has 0 fully saturated rings. The Bertz CT molecular complexity index is 1520. The van der Waals surface area contributed by atoms with Crippen molar-refractivity contribution in [1.82, 2.24) is 4.90 Å². The van der Waals surface area contributed by atoms with Gasteiger partial charge in [-0.1, -0.05) is 57.0 Å². The number of allylic oxidation sites excluding steroid dienone is 4. The molecule has 2 aromatic carbocycles. The normalized spacial score (nSPS) is 19.7. The highest BCUT2D eigenvalue weighted by Gasteiger charge is 2.48. The quantitative estimate of drug-likeness (QED) is 0.339. The minimum absolute atomic E-state index is 0.0737. The Morgan fingerprint density at radius 1 is 0.860 bits per heavy atom. The van der Waals surface area contributed by atoms with Gasteiger partial charge in [-0.3, -0.25) is 14.4 Å². The number of nitrogens with one attached hydrogen (secondary N) is 1. The molecule has 1 aliphatic heterocycles. The van der Waals surface area contributed by atoms with Crippen LogP contribution in [0.25, 0.3) is 0 Å². The minimum Gasteiger partial charge on any atom is -0.490 e. The molecule has 7 nitrogen and oxygen atoms in total. The number of Topliss-reactive ketones (excluding diaryl/α,β-unsaturated/α-hetero) is 2. The van der Waals surface area contributed by atoms with Crippen LogP contribution in [-0.2, 0) is 14.4 Å². The SMILES string of the molecule is CCOc1cc(C2C3=C(CC(C)(C)CC3=O)N(C)C3=C2C(=O)CC(C)(C)C3)ccc1OCC(=O)Nc1ccc(Cl)c(Cl)c1. The van der Waals surface area contributed by atoms with Crippen LogP contribution in [0.2, 0.25) is 10.0 Å². The number of benzene rings is 2. The van der Waals surface area contributed by atoms with Gasteiger partial charge in [-0.2, -0.15) is 0 Å². The molecule has 43 heavy (non-hydrogen) atoms. The molecule has 1 heterocycles. The number of halogens is 2. The fraction of sp³-hybridized carbons (Fsp3) is 0.441. The maximum atomic E-state index is 13.8. The lowest BCUT2D eigenvalue weighted by atomic mass is 9.64. The topological polar surface area (TPSA) is 84.9 Å². The Morgan fingerprint density at radius 2 is 1.47 bits per heavy atom. The Morgan fingerprint density at radius 3 is 2.02 bits per heavy atom. The molecule has 0 atom stereocenters. The summed E-state index contributed by atoms with van der Waals surface area (Å²) in [5, 5.41) is 3.47. The highest BCUT2D eigenvalue weighted by atomic mass is 35.5. The van der Waals surface area contributed by atoms with E-state index in [4.69, 9.17) is 32.7 Å². The number of carbonyl (C=O) groups is 3. The number of amides is 1. The van der Waals surface area contributed by atoms with Gasteiger partial charge in [0.15, 0.2) is 29.7 Å². The van der Waals surface area contributed by atoms with Gasteiger partial charge >= 0.3 is 0 Å². The summed E-state index contributed by atoms with van der Waals surface area (Å²) in [5.74, 6) is 0.112. The summed E-state index contributed by atoms with van der Waals surface area (Å²) < 4.78 is 11.8. The number of carbonyl (C=O) groups excluding carboxylic acids is 3. The van der Waals surface area contributed by atoms with Crippen molar-refractivity contribution < 1.29 is 23.9 Å². The van der Waals surface area contributed by atoms with Crippen LogP contribution in [-0.4, -0.2) is 42.6 Å². The van der Waals surface area contributed by atoms with Gasteiger partial charge in [-0.15, -0.1) is 0 Å². The van der Waals surface area contributed by atoms with Gasteiger partial charge in [0, 0.05) is 54.0 Å². The average Bonchev–Trinajstić information content (AvgIpc) is 2.90. The summed E-state index contributed by atoms with van der Waals surface area (Å²) in [5.41, 5.74) is 4.34. The van der Waals surface area contributed by atoms with Crippen molar-refractivity contribution >= 4 is 46.4 Å². The van der Waals surface area contributed by atoms with Crippen molar-refractivity contribution in [3.8, 4) is 11.5 Å². The molecule has 0 spiro atoms. The Balaban J connectivity index is 1.49. The van der Waals surface area contributed by atoms with Gasteiger partial charge in [0.25, 0.3) is 5.91 Å². The molecule has 0 aromatic heterocycles. The van der Waals surface area contributed by atoms with Crippen LogP contribution in [0.3, 0.4) is 0 Å². The number of rotatable bonds is 7. The van der Waals surface area contributed by atoms with Crippen LogP contribution in [0.4, 0.5) is 5.69 Å². The molecule has 228 valence electrons. The monoisotopic (exact) mass is 624 g/mol. The van der Waals surface area contributed by atoms with E-state index in [1.165, 1.54) is 0 Å². The Kier molecular flexibility index (Phi) is 8.45. The van der Waals surface area contributed by atoms with E-state index in [-0.39, 0.29) is 34.9 Å². The van der Waals surface area contributed by atoms with Gasteiger partial charge < -0.3 is 19.7 Å². The molecule has 0 saturated heterocycles. The average molecular weight is 626 g/mol. The van der Waals surface area contributed by atoms with Gasteiger partial charge in [-0.05, 0) is 66.5 Å². The zero-order valence-corrected chi connectivity index (χ0v) is 27.0. The first-order valence-corrected chi connectivity index (χ1v) is 15.4. The van der Waals surface area contributed by atoms with E-state index in [2.05, 4.69) is 37.9 Å². The van der Waals surface area contributed by atoms with Crippen LogP contribution >= 0.6 is 23.2 Å². The zero-order valence-electron chi connectivity index (χ0n) is 25.5. The minimum atomic E-state index is -0.486. The number of anilines is 1. The Hall–Kier alpha value is -3.29. The fourth-order valence-corrected chi connectivity index (χ4v) is 6.80. The summed E-state index contributed by atoms with van der Waals surface area (Å²) in [6.07, 6.45) is 2.34. The largest absolute Gasteiger partial charge is 0.490 e. The molecule has 9 heteroatoms. The van der Waals surface area contributed by atoms with Crippen molar-refractivity contribution in [3.63, 3.8) is 0 Å². The third-order valence-corrected chi connectivity index (χ3v) is 9.08. The molecule has 0 bridgehead atoms. The lowest BCUT2D eigenvalue weighted by Gasteiger charge is -2.47. The standard InChI is InChI=1S/C34H38Cl2N2O5/c1-7-42-28-12-19(8-11-27(28)43-18-29(41)37-20-9-10-21(35)22(36)13-20)30-31-23(14-33(2,3)16-25(31)39)38(6)24-15-34(4,5)17-26(40)32(24)30/h8-13,30H,7,14-18H2,1-6H3,(H,37,41). The highest BCUT2D eigenvalue weighted by molar-refractivity contribution is 6.42. The van der Waals surface area contributed by atoms with E-state index in [0.29, 0.717) is 57.8 Å². The van der Waals surface area contributed by atoms with Crippen molar-refractivity contribution in [3.05, 3.63) is 74.5 Å². The molecule has 0 unspecified atom stereocenters. The van der Waals surface area contributed by atoms with Gasteiger partial charge in [0.1, 0.15) is 0 Å². The molecule has 0 radical (unpaired) electrons. The second-order valence-electron chi connectivity index (χ2n) is 13.2. The highest BCUT2D eigenvalue weighted by Crippen LogP contribution is 2.54. The van der Waals surface area contributed by atoms with E-state index >= 15 is 0 Å². The van der Waals surface area contributed by atoms with Gasteiger partial charge in [-0.25, -0.2) is 0 Å². The third-order valence-electron chi connectivity index (χ3n) is 8.34. The molecule has 2 aromatic rings. The van der Waals surface area contributed by atoms with Crippen LogP contribution < -0.4 is 14.8 Å². The summed E-state index contributed by atoms with van der Waals surface area (Å²) in [4.78, 5) is 42.3. The van der Waals surface area contributed by atoms with Crippen molar-refractivity contribution in [2.24, 2.45) is 10.8 Å². The van der Waals surface area contributed by atoms with Gasteiger partial charge in [0.05, 0.1) is 16.7 Å². The molecule has 5 rings (SSSR count). The first-order valence-electron chi connectivity index (χ1n) is 14.6.